The fraction of sp³-hybridized carbons (Fsp3) is 0.538. The van der Waals surface area contributed by atoms with Crippen molar-refractivity contribution in [3.8, 4) is 0 Å². The molecule has 2 N–H and O–H groups in total. The number of hydrogen-bond acceptors (Lipinski definition) is 2. The lowest BCUT2D eigenvalue weighted by atomic mass is 10.1. The summed E-state index contributed by atoms with van der Waals surface area (Å²) in [6.45, 7) is 6.47. The summed E-state index contributed by atoms with van der Waals surface area (Å²) in [5.41, 5.74) is 0.383. The van der Waals surface area contributed by atoms with Gasteiger partial charge in [-0.15, -0.1) is 0 Å². The highest BCUT2D eigenvalue weighted by Gasteiger charge is 2.14. The molecule has 0 fully saturated rings. The van der Waals surface area contributed by atoms with E-state index in [0.29, 0.717) is 12.1 Å². The normalized spacial score (nSPS) is 13.8. The highest BCUT2D eigenvalue weighted by Crippen LogP contribution is 2.19. The Hall–Kier alpha value is -0.640. The number of hydrogen-bond donors (Lipinski definition) is 2. The second kappa shape index (κ2) is 5.80. The number of β-amino-alcohol motifs (C(OH)–C–C–N with tert-alkyl or cyclic N) is 1. The maximum absolute atomic E-state index is 13.6. The third-order valence-electron chi connectivity index (χ3n) is 2.36. The molecule has 4 heteroatoms. The Morgan fingerprint density at radius 1 is 1.41 bits per heavy atom. The van der Waals surface area contributed by atoms with Crippen LogP contribution in [-0.4, -0.2) is 23.3 Å². The molecule has 1 rings (SSSR count). The van der Waals surface area contributed by atoms with Gasteiger partial charge < -0.3 is 10.4 Å². The van der Waals surface area contributed by atoms with Crippen molar-refractivity contribution in [2.45, 2.75) is 38.8 Å². The first-order valence-electron chi connectivity index (χ1n) is 5.65. The Bertz CT molecular complexity index is 376. The number of benzene rings is 1. The van der Waals surface area contributed by atoms with Crippen LogP contribution in [0.3, 0.4) is 0 Å². The Morgan fingerprint density at radius 3 is 2.65 bits per heavy atom. The molecule has 1 aromatic carbocycles. The van der Waals surface area contributed by atoms with Gasteiger partial charge in [-0.1, -0.05) is 23.7 Å². The Labute approximate surface area is 107 Å². The van der Waals surface area contributed by atoms with Crippen molar-refractivity contribution in [1.82, 2.24) is 5.32 Å². The molecule has 0 spiro atoms. The molecular weight excluding hydrogens is 241 g/mol. The molecule has 1 unspecified atom stereocenters. The molecule has 2 nitrogen and oxygen atoms in total. The van der Waals surface area contributed by atoms with Crippen molar-refractivity contribution in [1.29, 1.82) is 0 Å². The van der Waals surface area contributed by atoms with Crippen LogP contribution in [0.2, 0.25) is 5.02 Å². The summed E-state index contributed by atoms with van der Waals surface area (Å²) in [5.74, 6) is -0.441. The molecule has 96 valence electrons. The lowest BCUT2D eigenvalue weighted by Gasteiger charge is -2.23. The van der Waals surface area contributed by atoms with Crippen molar-refractivity contribution >= 4 is 11.6 Å². The molecule has 0 saturated heterocycles. The van der Waals surface area contributed by atoms with E-state index in [9.17, 15) is 9.50 Å². The standard InChI is InChI=1S/C13H19ClFNO/c1-13(2,3)16-8-10(17)7-9-5-4-6-11(14)12(9)15/h4-6,10,16-17H,7-8H2,1-3H3. The van der Waals surface area contributed by atoms with Crippen LogP contribution in [0.4, 0.5) is 4.39 Å². The zero-order valence-corrected chi connectivity index (χ0v) is 11.2. The molecule has 0 bridgehead atoms. The van der Waals surface area contributed by atoms with Crippen molar-refractivity contribution in [3.63, 3.8) is 0 Å². The third-order valence-corrected chi connectivity index (χ3v) is 2.65. The third kappa shape index (κ3) is 5.02. The molecular formula is C13H19ClFNO. The first-order valence-corrected chi connectivity index (χ1v) is 6.03. The summed E-state index contributed by atoms with van der Waals surface area (Å²) in [6.07, 6.45) is -0.364. The molecule has 17 heavy (non-hydrogen) atoms. The van der Waals surface area contributed by atoms with E-state index in [1.165, 1.54) is 6.07 Å². The van der Waals surface area contributed by atoms with E-state index < -0.39 is 11.9 Å². The minimum atomic E-state index is -0.623. The molecule has 0 heterocycles. The van der Waals surface area contributed by atoms with Gasteiger partial charge in [0.2, 0.25) is 0 Å². The van der Waals surface area contributed by atoms with Crippen LogP contribution < -0.4 is 5.32 Å². The summed E-state index contributed by atoms with van der Waals surface area (Å²) in [4.78, 5) is 0. The molecule has 1 aromatic rings. The van der Waals surface area contributed by atoms with E-state index in [4.69, 9.17) is 11.6 Å². The minimum absolute atomic E-state index is 0.0616. The predicted octanol–water partition coefficient (Wildman–Crippen LogP) is 2.77. The molecule has 0 aliphatic heterocycles. The average Bonchev–Trinajstić information content (AvgIpc) is 2.21. The van der Waals surface area contributed by atoms with E-state index in [1.54, 1.807) is 12.1 Å². The second-order valence-corrected chi connectivity index (χ2v) is 5.61. The molecule has 0 amide bonds. The molecule has 0 aromatic heterocycles. The van der Waals surface area contributed by atoms with Gasteiger partial charge in [-0.2, -0.15) is 0 Å². The second-order valence-electron chi connectivity index (χ2n) is 5.20. The van der Waals surface area contributed by atoms with Crippen LogP contribution in [-0.2, 0) is 6.42 Å². The summed E-state index contributed by atoms with van der Waals surface area (Å²) in [7, 11) is 0. The fourth-order valence-corrected chi connectivity index (χ4v) is 1.65. The molecule has 0 saturated carbocycles. The minimum Gasteiger partial charge on any atom is -0.391 e. The number of aliphatic hydroxyl groups excluding tert-OH is 1. The number of rotatable bonds is 4. The van der Waals surface area contributed by atoms with E-state index in [0.717, 1.165) is 0 Å². The van der Waals surface area contributed by atoms with Gasteiger partial charge in [0.15, 0.2) is 0 Å². The van der Waals surface area contributed by atoms with Gasteiger partial charge in [-0.25, -0.2) is 4.39 Å². The predicted molar refractivity (Wildman–Crippen MR) is 68.9 cm³/mol. The van der Waals surface area contributed by atoms with Crippen molar-refractivity contribution in [2.24, 2.45) is 0 Å². The van der Waals surface area contributed by atoms with Crippen LogP contribution in [0.5, 0.6) is 0 Å². The van der Waals surface area contributed by atoms with Crippen molar-refractivity contribution in [3.05, 3.63) is 34.6 Å². The van der Waals surface area contributed by atoms with Gasteiger partial charge in [0.25, 0.3) is 0 Å². The lowest BCUT2D eigenvalue weighted by molar-refractivity contribution is 0.160. The summed E-state index contributed by atoms with van der Waals surface area (Å²) < 4.78 is 13.6. The van der Waals surface area contributed by atoms with Crippen LogP contribution in [0.15, 0.2) is 18.2 Å². The zero-order valence-electron chi connectivity index (χ0n) is 10.4. The molecule has 1 atom stereocenters. The molecule has 0 aliphatic rings. The SMILES string of the molecule is CC(C)(C)NCC(O)Cc1cccc(Cl)c1F. The maximum Gasteiger partial charge on any atom is 0.145 e. The van der Waals surface area contributed by atoms with E-state index in [-0.39, 0.29) is 17.0 Å². The van der Waals surface area contributed by atoms with Gasteiger partial charge in [0.05, 0.1) is 11.1 Å². The van der Waals surface area contributed by atoms with Crippen molar-refractivity contribution < 1.29 is 9.50 Å². The lowest BCUT2D eigenvalue weighted by Crippen LogP contribution is -2.41. The molecule has 0 aliphatic carbocycles. The monoisotopic (exact) mass is 259 g/mol. The summed E-state index contributed by atoms with van der Waals surface area (Å²) in [5, 5.41) is 13.1. The van der Waals surface area contributed by atoms with Crippen molar-refractivity contribution in [2.75, 3.05) is 6.54 Å². The van der Waals surface area contributed by atoms with E-state index in [2.05, 4.69) is 5.32 Å². The van der Waals surface area contributed by atoms with E-state index >= 15 is 0 Å². The molecule has 0 radical (unpaired) electrons. The average molecular weight is 260 g/mol. The van der Waals surface area contributed by atoms with Crippen LogP contribution in [0, 0.1) is 5.82 Å². The first kappa shape index (κ1) is 14.4. The van der Waals surface area contributed by atoms with Crippen LogP contribution in [0.25, 0.3) is 0 Å². The fourth-order valence-electron chi connectivity index (χ4n) is 1.46. The van der Waals surface area contributed by atoms with Gasteiger partial charge >= 0.3 is 0 Å². The largest absolute Gasteiger partial charge is 0.391 e. The Balaban J connectivity index is 2.56. The quantitative estimate of drug-likeness (QED) is 0.872. The smallest absolute Gasteiger partial charge is 0.145 e. The summed E-state index contributed by atoms with van der Waals surface area (Å²) >= 11 is 5.67. The maximum atomic E-state index is 13.6. The van der Waals surface area contributed by atoms with Crippen LogP contribution >= 0.6 is 11.6 Å². The van der Waals surface area contributed by atoms with Crippen LogP contribution in [0.1, 0.15) is 26.3 Å². The number of aliphatic hydroxyl groups is 1. The Morgan fingerprint density at radius 2 is 2.06 bits per heavy atom. The topological polar surface area (TPSA) is 32.3 Å². The van der Waals surface area contributed by atoms with Gasteiger partial charge in [-0.3, -0.25) is 0 Å². The number of halogens is 2. The van der Waals surface area contributed by atoms with Gasteiger partial charge in [0.1, 0.15) is 5.82 Å². The highest BCUT2D eigenvalue weighted by atomic mass is 35.5. The number of nitrogens with one attached hydrogen (secondary N) is 1. The zero-order chi connectivity index (χ0) is 13.1. The van der Waals surface area contributed by atoms with Gasteiger partial charge in [0, 0.05) is 18.5 Å². The van der Waals surface area contributed by atoms with Gasteiger partial charge in [-0.05, 0) is 32.4 Å². The van der Waals surface area contributed by atoms with E-state index in [1.807, 2.05) is 20.8 Å². The summed E-state index contributed by atoms with van der Waals surface area (Å²) in [6, 6.07) is 4.83. The Kier molecular flexibility index (Phi) is 4.92. The highest BCUT2D eigenvalue weighted by molar-refractivity contribution is 6.30. The first-order chi connectivity index (χ1) is 7.79.